The highest BCUT2D eigenvalue weighted by Gasteiger charge is 2.13. The van der Waals surface area contributed by atoms with E-state index in [1.54, 1.807) is 43.3 Å². The van der Waals surface area contributed by atoms with Gasteiger partial charge in [0.1, 0.15) is 11.6 Å². The molecule has 1 aromatic heterocycles. The summed E-state index contributed by atoms with van der Waals surface area (Å²) in [6.07, 6.45) is 0. The van der Waals surface area contributed by atoms with Gasteiger partial charge >= 0.3 is 0 Å². The minimum Gasteiger partial charge on any atom is -0.451 e. The van der Waals surface area contributed by atoms with E-state index in [1.807, 2.05) is 18.2 Å². The Labute approximate surface area is 127 Å². The average molecular weight is 295 g/mol. The summed E-state index contributed by atoms with van der Waals surface area (Å²) >= 11 is 0. The van der Waals surface area contributed by atoms with Crippen molar-refractivity contribution in [3.05, 3.63) is 77.8 Å². The number of halogens is 1. The van der Waals surface area contributed by atoms with Crippen molar-refractivity contribution in [3.63, 3.8) is 0 Å². The van der Waals surface area contributed by atoms with Crippen molar-refractivity contribution in [1.82, 2.24) is 0 Å². The molecule has 4 heteroatoms. The average Bonchev–Trinajstić information content (AvgIpc) is 3.01. The number of para-hydroxylation sites is 1. The first-order chi connectivity index (χ1) is 10.6. The van der Waals surface area contributed by atoms with Crippen molar-refractivity contribution in [2.24, 2.45) is 0 Å². The molecule has 22 heavy (non-hydrogen) atoms. The molecule has 2 aromatic carbocycles. The maximum atomic E-state index is 13.6. The van der Waals surface area contributed by atoms with Gasteiger partial charge < -0.3 is 9.73 Å². The van der Waals surface area contributed by atoms with Crippen molar-refractivity contribution < 1.29 is 13.6 Å². The summed E-state index contributed by atoms with van der Waals surface area (Å²) in [5, 5.41) is 2.74. The highest BCUT2D eigenvalue weighted by Crippen LogP contribution is 2.24. The number of furan rings is 1. The van der Waals surface area contributed by atoms with Gasteiger partial charge in [0.05, 0.1) is 0 Å². The van der Waals surface area contributed by atoms with E-state index in [2.05, 4.69) is 5.32 Å². The number of hydrogen-bond donors (Lipinski definition) is 1. The molecule has 0 saturated heterocycles. The van der Waals surface area contributed by atoms with Gasteiger partial charge in [0.2, 0.25) is 0 Å². The van der Waals surface area contributed by atoms with E-state index < -0.39 is 0 Å². The molecule has 0 spiro atoms. The first-order valence-electron chi connectivity index (χ1n) is 6.86. The van der Waals surface area contributed by atoms with Crippen molar-refractivity contribution in [2.75, 3.05) is 5.32 Å². The first-order valence-corrected chi connectivity index (χ1v) is 6.86. The van der Waals surface area contributed by atoms with Crippen molar-refractivity contribution in [3.8, 4) is 11.3 Å². The third kappa shape index (κ3) is 2.91. The van der Waals surface area contributed by atoms with Gasteiger partial charge in [-0.3, -0.25) is 4.79 Å². The van der Waals surface area contributed by atoms with Gasteiger partial charge in [-0.25, -0.2) is 4.39 Å². The van der Waals surface area contributed by atoms with E-state index >= 15 is 0 Å². The van der Waals surface area contributed by atoms with Crippen LogP contribution in [0, 0.1) is 12.7 Å². The van der Waals surface area contributed by atoms with Crippen molar-refractivity contribution in [2.45, 2.75) is 6.92 Å². The SMILES string of the molecule is Cc1ccc(-c2ccc(C(=O)Nc3ccccc3)o2)cc1F. The second-order valence-electron chi connectivity index (χ2n) is 4.95. The molecule has 3 rings (SSSR count). The minimum absolute atomic E-state index is 0.180. The van der Waals surface area contributed by atoms with Crippen LogP contribution in [-0.2, 0) is 0 Å². The van der Waals surface area contributed by atoms with E-state index in [-0.39, 0.29) is 17.5 Å². The summed E-state index contributed by atoms with van der Waals surface area (Å²) in [5.74, 6) is -0.00818. The zero-order chi connectivity index (χ0) is 15.5. The Kier molecular flexibility index (Phi) is 3.74. The molecule has 0 radical (unpaired) electrons. The fourth-order valence-corrected chi connectivity index (χ4v) is 2.08. The topological polar surface area (TPSA) is 42.2 Å². The summed E-state index contributed by atoms with van der Waals surface area (Å²) in [5.41, 5.74) is 1.85. The molecule has 0 atom stereocenters. The van der Waals surface area contributed by atoms with Crippen LogP contribution in [0.15, 0.2) is 65.1 Å². The van der Waals surface area contributed by atoms with Crippen molar-refractivity contribution >= 4 is 11.6 Å². The zero-order valence-electron chi connectivity index (χ0n) is 12.0. The van der Waals surface area contributed by atoms with Crippen LogP contribution in [0.5, 0.6) is 0 Å². The Hall–Kier alpha value is -2.88. The molecule has 1 N–H and O–H groups in total. The third-order valence-electron chi connectivity index (χ3n) is 3.32. The second-order valence-corrected chi connectivity index (χ2v) is 4.95. The molecule has 0 aliphatic heterocycles. The molecule has 1 heterocycles. The molecule has 3 nitrogen and oxygen atoms in total. The van der Waals surface area contributed by atoms with Crippen LogP contribution in [0.25, 0.3) is 11.3 Å². The predicted molar refractivity (Wildman–Crippen MR) is 83.2 cm³/mol. The van der Waals surface area contributed by atoms with E-state index in [0.29, 0.717) is 22.6 Å². The molecular formula is C18H14FNO2. The van der Waals surface area contributed by atoms with Crippen LogP contribution < -0.4 is 5.32 Å². The fourth-order valence-electron chi connectivity index (χ4n) is 2.08. The van der Waals surface area contributed by atoms with Gasteiger partial charge in [0.25, 0.3) is 5.91 Å². The fraction of sp³-hybridized carbons (Fsp3) is 0.0556. The quantitative estimate of drug-likeness (QED) is 0.764. The van der Waals surface area contributed by atoms with Crippen LogP contribution >= 0.6 is 0 Å². The lowest BCUT2D eigenvalue weighted by molar-refractivity contribution is 0.0997. The smallest absolute Gasteiger partial charge is 0.291 e. The number of carbonyl (C=O) groups excluding carboxylic acids is 1. The summed E-state index contributed by atoms with van der Waals surface area (Å²) in [6, 6.07) is 17.2. The predicted octanol–water partition coefficient (Wildman–Crippen LogP) is 4.65. The zero-order valence-corrected chi connectivity index (χ0v) is 12.0. The highest BCUT2D eigenvalue weighted by molar-refractivity contribution is 6.02. The first kappa shape index (κ1) is 14.1. The second kappa shape index (κ2) is 5.85. The molecule has 0 aliphatic carbocycles. The standard InChI is InChI=1S/C18H14FNO2/c1-12-7-8-13(11-15(12)19)16-9-10-17(22-16)18(21)20-14-5-3-2-4-6-14/h2-11H,1H3,(H,20,21). The maximum absolute atomic E-state index is 13.6. The summed E-state index contributed by atoms with van der Waals surface area (Å²) in [7, 11) is 0. The number of amides is 1. The monoisotopic (exact) mass is 295 g/mol. The van der Waals surface area contributed by atoms with Crippen LogP contribution in [0.4, 0.5) is 10.1 Å². The molecule has 110 valence electrons. The Morgan fingerprint density at radius 1 is 1.05 bits per heavy atom. The van der Waals surface area contributed by atoms with Crippen LogP contribution in [0.3, 0.4) is 0 Å². The van der Waals surface area contributed by atoms with Gasteiger partial charge in [0, 0.05) is 11.3 Å². The number of hydrogen-bond acceptors (Lipinski definition) is 2. The number of rotatable bonds is 3. The van der Waals surface area contributed by atoms with E-state index in [0.717, 1.165) is 0 Å². The molecule has 0 saturated carbocycles. The van der Waals surface area contributed by atoms with Crippen LogP contribution in [-0.4, -0.2) is 5.91 Å². The number of aryl methyl sites for hydroxylation is 1. The molecule has 1 amide bonds. The van der Waals surface area contributed by atoms with Crippen molar-refractivity contribution in [1.29, 1.82) is 0 Å². The van der Waals surface area contributed by atoms with E-state index in [1.165, 1.54) is 6.07 Å². The summed E-state index contributed by atoms with van der Waals surface area (Å²) in [4.78, 5) is 12.1. The van der Waals surface area contributed by atoms with Crippen LogP contribution in [0.2, 0.25) is 0 Å². The molecule has 0 bridgehead atoms. The number of nitrogens with one attached hydrogen (secondary N) is 1. The lowest BCUT2D eigenvalue weighted by Gasteiger charge is -2.03. The Morgan fingerprint density at radius 3 is 2.55 bits per heavy atom. The minimum atomic E-state index is -0.343. The van der Waals surface area contributed by atoms with Gasteiger partial charge in [-0.2, -0.15) is 0 Å². The summed E-state index contributed by atoms with van der Waals surface area (Å²) in [6.45, 7) is 1.69. The lowest BCUT2D eigenvalue weighted by Crippen LogP contribution is -2.10. The molecule has 0 aliphatic rings. The van der Waals surface area contributed by atoms with E-state index in [4.69, 9.17) is 4.42 Å². The van der Waals surface area contributed by atoms with Gasteiger partial charge in [-0.15, -0.1) is 0 Å². The number of carbonyl (C=O) groups is 1. The number of anilines is 1. The largest absolute Gasteiger partial charge is 0.451 e. The normalized spacial score (nSPS) is 10.5. The van der Waals surface area contributed by atoms with Gasteiger partial charge in [0.15, 0.2) is 5.76 Å². The third-order valence-corrected chi connectivity index (χ3v) is 3.32. The molecule has 0 unspecified atom stereocenters. The Bertz CT molecular complexity index is 809. The Balaban J connectivity index is 1.81. The number of benzene rings is 2. The van der Waals surface area contributed by atoms with Gasteiger partial charge in [-0.05, 0) is 42.8 Å². The molecule has 0 fully saturated rings. The van der Waals surface area contributed by atoms with Crippen LogP contribution in [0.1, 0.15) is 16.1 Å². The van der Waals surface area contributed by atoms with Gasteiger partial charge in [-0.1, -0.05) is 30.3 Å². The molecular weight excluding hydrogens is 281 g/mol. The lowest BCUT2D eigenvalue weighted by atomic mass is 10.1. The maximum Gasteiger partial charge on any atom is 0.291 e. The Morgan fingerprint density at radius 2 is 1.82 bits per heavy atom. The molecule has 3 aromatic rings. The summed E-state index contributed by atoms with van der Waals surface area (Å²) < 4.78 is 19.1. The highest BCUT2D eigenvalue weighted by atomic mass is 19.1. The van der Waals surface area contributed by atoms with E-state index in [9.17, 15) is 9.18 Å².